The number of tetrazole rings is 1. The summed E-state index contributed by atoms with van der Waals surface area (Å²) in [5.74, 6) is 0.0832. The zero-order valence-corrected chi connectivity index (χ0v) is 13.4. The van der Waals surface area contributed by atoms with Gasteiger partial charge in [-0.25, -0.2) is 0 Å². The van der Waals surface area contributed by atoms with Gasteiger partial charge in [-0.15, -0.1) is 5.10 Å². The van der Waals surface area contributed by atoms with Gasteiger partial charge in [0.1, 0.15) is 12.1 Å². The molecule has 0 aliphatic carbocycles. The molecule has 0 radical (unpaired) electrons. The Labute approximate surface area is 143 Å². The number of hydrogen-bond acceptors (Lipinski definition) is 6. The second kappa shape index (κ2) is 7.35. The number of carbonyl (C=O) groups excluding carboxylic acids is 2. The summed E-state index contributed by atoms with van der Waals surface area (Å²) in [4.78, 5) is 24.6. The summed E-state index contributed by atoms with van der Waals surface area (Å²) in [5.41, 5.74) is 1.40. The smallest absolute Gasteiger partial charge is 0.253 e. The molecule has 8 nitrogen and oxygen atoms in total. The molecule has 0 bridgehead atoms. The van der Waals surface area contributed by atoms with Crippen LogP contribution in [0.25, 0.3) is 5.69 Å². The standard InChI is InChI=1S/C17H15N5O3/c1-25-13-8-6-12(7-9-13)16(23)10-18-17(24)14-4-2-3-5-15(14)22-11-19-20-21-22/h2-9,11H,10H2,1H3,(H,18,24). The number of carbonyl (C=O) groups is 2. The van der Waals surface area contributed by atoms with E-state index in [1.54, 1.807) is 55.6 Å². The van der Waals surface area contributed by atoms with Crippen LogP contribution in [0.15, 0.2) is 54.9 Å². The van der Waals surface area contributed by atoms with Crippen molar-refractivity contribution in [3.63, 3.8) is 0 Å². The Hall–Kier alpha value is -3.55. The van der Waals surface area contributed by atoms with Gasteiger partial charge >= 0.3 is 0 Å². The van der Waals surface area contributed by atoms with Crippen LogP contribution in [-0.2, 0) is 0 Å². The molecule has 1 N–H and O–H groups in total. The van der Waals surface area contributed by atoms with Crippen LogP contribution >= 0.6 is 0 Å². The molecule has 0 aliphatic rings. The zero-order valence-electron chi connectivity index (χ0n) is 13.4. The van der Waals surface area contributed by atoms with Crippen LogP contribution < -0.4 is 10.1 Å². The minimum atomic E-state index is -0.382. The molecule has 0 atom stereocenters. The van der Waals surface area contributed by atoms with E-state index in [0.29, 0.717) is 22.6 Å². The zero-order chi connectivity index (χ0) is 17.6. The fourth-order valence-electron chi connectivity index (χ4n) is 2.27. The highest BCUT2D eigenvalue weighted by atomic mass is 16.5. The molecule has 2 aromatic carbocycles. The van der Waals surface area contributed by atoms with Crippen LogP contribution in [0.4, 0.5) is 0 Å². The van der Waals surface area contributed by atoms with E-state index in [9.17, 15) is 9.59 Å². The van der Waals surface area contributed by atoms with Crippen LogP contribution in [0.1, 0.15) is 20.7 Å². The van der Waals surface area contributed by atoms with E-state index in [2.05, 4.69) is 20.8 Å². The van der Waals surface area contributed by atoms with Gasteiger partial charge in [0.25, 0.3) is 5.91 Å². The van der Waals surface area contributed by atoms with Crippen molar-refractivity contribution in [2.24, 2.45) is 0 Å². The number of hydrogen-bond donors (Lipinski definition) is 1. The third-order valence-electron chi connectivity index (χ3n) is 3.57. The van der Waals surface area contributed by atoms with Crippen molar-refractivity contribution in [3.05, 3.63) is 66.0 Å². The van der Waals surface area contributed by atoms with Crippen LogP contribution in [-0.4, -0.2) is 45.6 Å². The molecule has 0 saturated heterocycles. The summed E-state index contributed by atoms with van der Waals surface area (Å²) in [6.45, 7) is -0.116. The van der Waals surface area contributed by atoms with Crippen molar-refractivity contribution in [1.82, 2.24) is 25.5 Å². The predicted molar refractivity (Wildman–Crippen MR) is 88.8 cm³/mol. The summed E-state index contributed by atoms with van der Waals surface area (Å²) >= 11 is 0. The van der Waals surface area contributed by atoms with E-state index in [-0.39, 0.29) is 18.2 Å². The molecule has 1 heterocycles. The Bertz CT molecular complexity index is 876. The molecular formula is C17H15N5O3. The first-order chi connectivity index (χ1) is 12.2. The van der Waals surface area contributed by atoms with Crippen LogP contribution in [0.3, 0.4) is 0 Å². The highest BCUT2D eigenvalue weighted by Crippen LogP contribution is 2.13. The number of aromatic nitrogens is 4. The highest BCUT2D eigenvalue weighted by Gasteiger charge is 2.14. The summed E-state index contributed by atoms with van der Waals surface area (Å²) in [5, 5.41) is 13.5. The Morgan fingerprint density at radius 2 is 1.88 bits per heavy atom. The predicted octanol–water partition coefficient (Wildman–Crippen LogP) is 1.28. The topological polar surface area (TPSA) is 99.0 Å². The van der Waals surface area contributed by atoms with Gasteiger partial charge in [-0.05, 0) is 46.8 Å². The quantitative estimate of drug-likeness (QED) is 0.680. The number of Topliss-reactive ketones (excluding diaryl/α,β-unsaturated/α-hetero) is 1. The van der Waals surface area contributed by atoms with E-state index in [1.165, 1.54) is 11.0 Å². The maximum Gasteiger partial charge on any atom is 0.253 e. The van der Waals surface area contributed by atoms with Gasteiger partial charge in [0.15, 0.2) is 5.78 Å². The van der Waals surface area contributed by atoms with Crippen molar-refractivity contribution < 1.29 is 14.3 Å². The fourth-order valence-corrected chi connectivity index (χ4v) is 2.27. The lowest BCUT2D eigenvalue weighted by molar-refractivity contribution is 0.0904. The molecule has 1 aromatic heterocycles. The average Bonchev–Trinajstić information content (AvgIpc) is 3.20. The van der Waals surface area contributed by atoms with E-state index < -0.39 is 0 Å². The average molecular weight is 337 g/mol. The van der Waals surface area contributed by atoms with Gasteiger partial charge in [-0.3, -0.25) is 9.59 Å². The van der Waals surface area contributed by atoms with Crippen LogP contribution in [0.2, 0.25) is 0 Å². The number of nitrogens with one attached hydrogen (secondary N) is 1. The SMILES string of the molecule is COc1ccc(C(=O)CNC(=O)c2ccccc2-n2cnnn2)cc1. The largest absolute Gasteiger partial charge is 0.497 e. The lowest BCUT2D eigenvalue weighted by Gasteiger charge is -2.09. The summed E-state index contributed by atoms with van der Waals surface area (Å²) in [6, 6.07) is 13.6. The summed E-state index contributed by atoms with van der Waals surface area (Å²) < 4.78 is 6.44. The highest BCUT2D eigenvalue weighted by molar-refractivity contribution is 6.03. The van der Waals surface area contributed by atoms with E-state index >= 15 is 0 Å². The maximum absolute atomic E-state index is 12.4. The number of amides is 1. The number of rotatable bonds is 6. The molecule has 126 valence electrons. The van der Waals surface area contributed by atoms with E-state index in [1.807, 2.05) is 0 Å². The minimum Gasteiger partial charge on any atom is -0.497 e. The normalized spacial score (nSPS) is 10.3. The number of methoxy groups -OCH3 is 1. The molecular weight excluding hydrogens is 322 g/mol. The number of para-hydroxylation sites is 1. The van der Waals surface area contributed by atoms with Crippen LogP contribution in [0.5, 0.6) is 5.75 Å². The lowest BCUT2D eigenvalue weighted by Crippen LogP contribution is -2.30. The molecule has 3 aromatic rings. The molecule has 0 spiro atoms. The molecule has 0 fully saturated rings. The maximum atomic E-state index is 12.4. The molecule has 0 saturated carbocycles. The molecule has 0 aliphatic heterocycles. The molecule has 3 rings (SSSR count). The Morgan fingerprint density at radius 3 is 2.56 bits per heavy atom. The van der Waals surface area contributed by atoms with Crippen molar-refractivity contribution in [2.45, 2.75) is 0 Å². The number of ether oxygens (including phenoxy) is 1. The van der Waals surface area contributed by atoms with Crippen molar-refractivity contribution >= 4 is 11.7 Å². The first-order valence-corrected chi connectivity index (χ1v) is 7.47. The number of ketones is 1. The summed E-state index contributed by atoms with van der Waals surface area (Å²) in [7, 11) is 1.55. The number of nitrogens with zero attached hydrogens (tertiary/aromatic N) is 4. The molecule has 25 heavy (non-hydrogen) atoms. The Balaban J connectivity index is 1.70. The van der Waals surface area contributed by atoms with E-state index in [0.717, 1.165) is 0 Å². The van der Waals surface area contributed by atoms with Gasteiger partial charge < -0.3 is 10.1 Å². The molecule has 1 amide bonds. The van der Waals surface area contributed by atoms with Gasteiger partial charge in [-0.1, -0.05) is 12.1 Å². The van der Waals surface area contributed by atoms with Crippen LogP contribution in [0, 0.1) is 0 Å². The first-order valence-electron chi connectivity index (χ1n) is 7.47. The van der Waals surface area contributed by atoms with E-state index in [4.69, 9.17) is 4.74 Å². The third kappa shape index (κ3) is 3.69. The fraction of sp³-hybridized carbons (Fsp3) is 0.118. The molecule has 8 heteroatoms. The monoisotopic (exact) mass is 337 g/mol. The third-order valence-corrected chi connectivity index (χ3v) is 3.57. The summed E-state index contributed by atoms with van der Waals surface area (Å²) in [6.07, 6.45) is 1.40. The Kier molecular flexibility index (Phi) is 4.79. The van der Waals surface area contributed by atoms with Gasteiger partial charge in [0, 0.05) is 5.56 Å². The minimum absolute atomic E-state index is 0.116. The second-order valence-electron chi connectivity index (χ2n) is 5.11. The Morgan fingerprint density at radius 1 is 1.12 bits per heavy atom. The first kappa shape index (κ1) is 16.3. The van der Waals surface area contributed by atoms with Crippen molar-refractivity contribution in [1.29, 1.82) is 0 Å². The van der Waals surface area contributed by atoms with Crippen molar-refractivity contribution in [3.8, 4) is 11.4 Å². The molecule has 0 unspecified atom stereocenters. The second-order valence-corrected chi connectivity index (χ2v) is 5.11. The van der Waals surface area contributed by atoms with Gasteiger partial charge in [0.2, 0.25) is 0 Å². The number of benzene rings is 2. The van der Waals surface area contributed by atoms with Crippen molar-refractivity contribution in [2.75, 3.05) is 13.7 Å². The van der Waals surface area contributed by atoms with Gasteiger partial charge in [-0.2, -0.15) is 4.68 Å². The lowest BCUT2D eigenvalue weighted by atomic mass is 10.1. The van der Waals surface area contributed by atoms with Gasteiger partial charge in [0.05, 0.1) is 24.9 Å².